The third-order valence-electron chi connectivity index (χ3n) is 11.5. The van der Waals surface area contributed by atoms with Crippen LogP contribution >= 0.6 is 0 Å². The van der Waals surface area contributed by atoms with Crippen LogP contribution in [-0.2, 0) is 9.47 Å². The second kappa shape index (κ2) is 3.52. The summed E-state index contributed by atoms with van der Waals surface area (Å²) < 4.78 is 13.2. The van der Waals surface area contributed by atoms with Crippen LogP contribution in [0.4, 0.5) is 0 Å². The van der Waals surface area contributed by atoms with E-state index < -0.39 is 0 Å². The van der Waals surface area contributed by atoms with Crippen LogP contribution in [0.25, 0.3) is 0 Å². The van der Waals surface area contributed by atoms with Crippen molar-refractivity contribution in [2.24, 2.45) is 70.0 Å². The molecular weight excluding hydrogens is 296 g/mol. The summed E-state index contributed by atoms with van der Waals surface area (Å²) in [6.07, 6.45) is 6.88. The Morgan fingerprint density at radius 1 is 0.583 bits per heavy atom. The first kappa shape index (κ1) is 13.1. The molecule has 6 aliphatic carbocycles. The number of ether oxygens (including phenoxy) is 2. The van der Waals surface area contributed by atoms with E-state index in [1.54, 1.807) is 0 Å². The molecule has 0 aromatic rings. The molecule has 0 N–H and O–H groups in total. The molecule has 0 spiro atoms. The summed E-state index contributed by atoms with van der Waals surface area (Å²) in [5.74, 6) is 9.83. The van der Waals surface area contributed by atoms with Crippen LogP contribution in [0.1, 0.15) is 39.5 Å². The topological polar surface area (TPSA) is 18.5 Å². The smallest absolute Gasteiger partial charge is 0.0609 e. The third kappa shape index (κ3) is 1.00. The van der Waals surface area contributed by atoms with Gasteiger partial charge in [0, 0.05) is 0 Å². The van der Waals surface area contributed by atoms with Gasteiger partial charge in [0.05, 0.1) is 25.4 Å². The van der Waals surface area contributed by atoms with E-state index in [1.807, 2.05) is 0 Å². The van der Waals surface area contributed by atoms with Crippen LogP contribution in [0.15, 0.2) is 0 Å². The lowest BCUT2D eigenvalue weighted by Gasteiger charge is -2.49. The lowest BCUT2D eigenvalue weighted by atomic mass is 9.62. The predicted octanol–water partition coefficient (Wildman–Crippen LogP) is 3.60. The van der Waals surface area contributed by atoms with Gasteiger partial charge in [-0.05, 0) is 95.7 Å². The van der Waals surface area contributed by atoms with Gasteiger partial charge in [0.1, 0.15) is 0 Å². The fraction of sp³-hybridized carbons (Fsp3) is 1.00. The van der Waals surface area contributed by atoms with Crippen molar-refractivity contribution < 1.29 is 9.47 Å². The van der Waals surface area contributed by atoms with Gasteiger partial charge in [0.25, 0.3) is 0 Å². The van der Waals surface area contributed by atoms with Crippen molar-refractivity contribution in [2.45, 2.75) is 51.7 Å². The maximum absolute atomic E-state index is 6.62. The number of fused-ring (bicyclic) bond motifs is 4. The van der Waals surface area contributed by atoms with E-state index in [2.05, 4.69) is 13.8 Å². The maximum atomic E-state index is 6.62. The van der Waals surface area contributed by atoms with Gasteiger partial charge in [-0.1, -0.05) is 13.8 Å². The van der Waals surface area contributed by atoms with Gasteiger partial charge in [-0.15, -0.1) is 0 Å². The fourth-order valence-electron chi connectivity index (χ4n) is 11.8. The Labute approximate surface area is 145 Å². The summed E-state index contributed by atoms with van der Waals surface area (Å²) in [5.41, 5.74) is 1.01. The van der Waals surface area contributed by atoms with Crippen molar-refractivity contribution in [2.75, 3.05) is 13.2 Å². The molecule has 8 aliphatic rings. The van der Waals surface area contributed by atoms with Gasteiger partial charge in [-0.2, -0.15) is 0 Å². The molecule has 2 heteroatoms. The highest BCUT2D eigenvalue weighted by atomic mass is 16.5. The Bertz CT molecular complexity index is 604. The van der Waals surface area contributed by atoms with Crippen molar-refractivity contribution in [1.29, 1.82) is 0 Å². The van der Waals surface area contributed by atoms with Crippen LogP contribution in [0.3, 0.4) is 0 Å². The zero-order valence-electron chi connectivity index (χ0n) is 15.0. The summed E-state index contributed by atoms with van der Waals surface area (Å²) in [7, 11) is 0. The molecule has 0 aromatic carbocycles. The lowest BCUT2D eigenvalue weighted by Crippen LogP contribution is -2.50. The van der Waals surface area contributed by atoms with E-state index in [9.17, 15) is 0 Å². The normalized spacial score (nSPS) is 78.2. The highest BCUT2D eigenvalue weighted by Gasteiger charge is 2.84. The van der Waals surface area contributed by atoms with Crippen LogP contribution in [0, 0.1) is 70.0 Å². The van der Waals surface area contributed by atoms with Crippen molar-refractivity contribution in [3.05, 3.63) is 0 Å². The monoisotopic (exact) mass is 326 g/mol. The lowest BCUT2D eigenvalue weighted by molar-refractivity contribution is -0.143. The fourth-order valence-corrected chi connectivity index (χ4v) is 11.8. The molecule has 130 valence electrons. The SMILES string of the molecule is C[C@@]12CO[C@@H]3CC[C@@H]4[C@@H]3[C@@H]1[C@@H]1[C@H]3[C@@H]5[C@@H]6[C@@H](CC[C@@H]6OC[C@@]5(C)[C@@H]41)[C@@H]32. The molecule has 2 saturated heterocycles. The molecule has 0 radical (unpaired) electrons. The van der Waals surface area contributed by atoms with Crippen molar-refractivity contribution >= 4 is 0 Å². The van der Waals surface area contributed by atoms with Crippen LogP contribution < -0.4 is 0 Å². The third-order valence-corrected chi connectivity index (χ3v) is 11.5. The van der Waals surface area contributed by atoms with Crippen LogP contribution in [0.5, 0.6) is 0 Å². The molecule has 0 amide bonds. The van der Waals surface area contributed by atoms with Gasteiger partial charge < -0.3 is 9.47 Å². The summed E-state index contributed by atoms with van der Waals surface area (Å²) in [6.45, 7) is 7.54. The van der Waals surface area contributed by atoms with E-state index >= 15 is 0 Å². The van der Waals surface area contributed by atoms with E-state index in [1.165, 1.54) is 25.7 Å². The van der Waals surface area contributed by atoms with Gasteiger partial charge in [-0.25, -0.2) is 0 Å². The molecule has 8 rings (SSSR count). The molecule has 6 saturated carbocycles. The maximum Gasteiger partial charge on any atom is 0.0609 e. The van der Waals surface area contributed by atoms with E-state index in [0.29, 0.717) is 23.0 Å². The average molecular weight is 326 g/mol. The molecule has 2 heterocycles. The van der Waals surface area contributed by atoms with Gasteiger partial charge in [-0.3, -0.25) is 0 Å². The summed E-state index contributed by atoms with van der Waals surface area (Å²) in [4.78, 5) is 0. The first-order chi connectivity index (χ1) is 11.6. The number of rotatable bonds is 0. The summed E-state index contributed by atoms with van der Waals surface area (Å²) in [5, 5.41) is 0. The van der Waals surface area contributed by atoms with Gasteiger partial charge >= 0.3 is 0 Å². The minimum absolute atomic E-state index is 0.506. The van der Waals surface area contributed by atoms with E-state index in [4.69, 9.17) is 9.47 Å². The Kier molecular flexibility index (Phi) is 1.93. The molecule has 0 aromatic heterocycles. The molecule has 0 unspecified atom stereocenters. The van der Waals surface area contributed by atoms with Crippen molar-refractivity contribution in [3.8, 4) is 0 Å². The molecule has 0 bridgehead atoms. The standard InChI is InChI=1S/C22H30O2/c1-21-7-23-11-6-4-10-13(11)19(21)16-15-17(21)9-3-5-12-14(9)20(15)22(2,8-24-12)18(10)16/h9-20H,3-8H2,1-2H3/t9-,10-,11-,12+,13+,14-,15-,16-,17+,18+,19-,20+,21+,22+/m1/s1. The Balaban J connectivity index is 1.43. The van der Waals surface area contributed by atoms with Gasteiger partial charge in [0.2, 0.25) is 0 Å². The van der Waals surface area contributed by atoms with E-state index in [0.717, 1.165) is 72.4 Å². The molecular formula is C22H30O2. The molecule has 2 nitrogen and oxygen atoms in total. The average Bonchev–Trinajstić information content (AvgIpc) is 3.30. The second-order valence-electron chi connectivity index (χ2n) is 11.6. The van der Waals surface area contributed by atoms with Crippen LogP contribution in [-0.4, -0.2) is 25.4 Å². The molecule has 24 heavy (non-hydrogen) atoms. The van der Waals surface area contributed by atoms with E-state index in [-0.39, 0.29) is 0 Å². The minimum atomic E-state index is 0.506. The first-order valence-corrected chi connectivity index (χ1v) is 10.9. The van der Waals surface area contributed by atoms with Crippen molar-refractivity contribution in [1.82, 2.24) is 0 Å². The molecule has 8 fully saturated rings. The summed E-state index contributed by atoms with van der Waals surface area (Å²) in [6, 6.07) is 0. The Hall–Kier alpha value is -0.0800. The summed E-state index contributed by atoms with van der Waals surface area (Å²) >= 11 is 0. The van der Waals surface area contributed by atoms with Crippen LogP contribution in [0.2, 0.25) is 0 Å². The Morgan fingerprint density at radius 3 is 1.50 bits per heavy atom. The quantitative estimate of drug-likeness (QED) is 0.677. The van der Waals surface area contributed by atoms with Gasteiger partial charge in [0.15, 0.2) is 0 Å². The highest BCUT2D eigenvalue weighted by molar-refractivity contribution is 5.31. The molecule has 14 atom stereocenters. The second-order valence-corrected chi connectivity index (χ2v) is 11.6. The Morgan fingerprint density at radius 2 is 1.04 bits per heavy atom. The zero-order valence-corrected chi connectivity index (χ0v) is 15.0. The predicted molar refractivity (Wildman–Crippen MR) is 89.1 cm³/mol. The largest absolute Gasteiger partial charge is 0.377 e. The number of hydrogen-bond donors (Lipinski definition) is 0. The number of hydrogen-bond acceptors (Lipinski definition) is 2. The zero-order chi connectivity index (χ0) is 15.6. The van der Waals surface area contributed by atoms with Crippen molar-refractivity contribution in [3.63, 3.8) is 0 Å². The minimum Gasteiger partial charge on any atom is -0.377 e. The first-order valence-electron chi connectivity index (χ1n) is 10.9. The molecule has 2 aliphatic heterocycles. The highest BCUT2D eigenvalue weighted by Crippen LogP contribution is 2.86.